The molecule has 0 unspecified atom stereocenters. The summed E-state index contributed by atoms with van der Waals surface area (Å²) in [7, 11) is 1.86. The first-order valence-electron chi connectivity index (χ1n) is 7.03. The van der Waals surface area contributed by atoms with Gasteiger partial charge < -0.3 is 15.2 Å². The van der Waals surface area contributed by atoms with Crippen LogP contribution in [0.2, 0.25) is 0 Å². The molecule has 1 heterocycles. The average molecular weight is 297 g/mol. The summed E-state index contributed by atoms with van der Waals surface area (Å²) in [5.74, 6) is -0.419. The van der Waals surface area contributed by atoms with Crippen LogP contribution < -0.4 is 10.6 Å². The first-order chi connectivity index (χ1) is 10.6. The van der Waals surface area contributed by atoms with E-state index in [1.165, 1.54) is 6.08 Å². The standard InChI is InChI=1S/C17H19N3O2/c1-3-16(21)18-11-12-19-17(22)15-10-9-14(20(15)2)13-7-5-4-6-8-13/h3-10H,1,11-12H2,2H3,(H,18,21)(H,19,22). The first kappa shape index (κ1) is 15.6. The number of nitrogens with zero attached hydrogens (tertiary/aromatic N) is 1. The van der Waals surface area contributed by atoms with Crippen LogP contribution in [0.5, 0.6) is 0 Å². The summed E-state index contributed by atoms with van der Waals surface area (Å²) in [6.07, 6.45) is 1.20. The molecule has 0 atom stereocenters. The number of carbonyl (C=O) groups is 2. The van der Waals surface area contributed by atoms with E-state index >= 15 is 0 Å². The second-order valence-electron chi connectivity index (χ2n) is 4.78. The molecule has 0 aliphatic carbocycles. The quantitative estimate of drug-likeness (QED) is 0.630. The summed E-state index contributed by atoms with van der Waals surface area (Å²) in [6.45, 7) is 4.10. The lowest BCUT2D eigenvalue weighted by atomic mass is 10.2. The minimum atomic E-state index is -0.250. The van der Waals surface area contributed by atoms with E-state index in [1.54, 1.807) is 6.07 Å². The zero-order chi connectivity index (χ0) is 15.9. The van der Waals surface area contributed by atoms with E-state index in [4.69, 9.17) is 0 Å². The fraction of sp³-hybridized carbons (Fsp3) is 0.176. The van der Waals surface area contributed by atoms with Crippen molar-refractivity contribution in [3.8, 4) is 11.3 Å². The van der Waals surface area contributed by atoms with Gasteiger partial charge >= 0.3 is 0 Å². The maximum absolute atomic E-state index is 12.2. The number of nitrogens with one attached hydrogen (secondary N) is 2. The molecule has 0 radical (unpaired) electrons. The van der Waals surface area contributed by atoms with Crippen molar-refractivity contribution in [3.05, 3.63) is 60.8 Å². The molecular formula is C17H19N3O2. The zero-order valence-corrected chi connectivity index (χ0v) is 12.5. The molecule has 1 aromatic heterocycles. The molecule has 2 rings (SSSR count). The number of carbonyl (C=O) groups excluding carboxylic acids is 2. The first-order valence-corrected chi connectivity index (χ1v) is 7.03. The average Bonchev–Trinajstić information content (AvgIpc) is 2.93. The van der Waals surface area contributed by atoms with Crippen molar-refractivity contribution in [1.82, 2.24) is 15.2 Å². The lowest BCUT2D eigenvalue weighted by Crippen LogP contribution is -2.34. The summed E-state index contributed by atoms with van der Waals surface area (Å²) in [5.41, 5.74) is 2.61. The van der Waals surface area contributed by atoms with Gasteiger partial charge in [0.15, 0.2) is 0 Å². The second kappa shape index (κ2) is 7.26. The van der Waals surface area contributed by atoms with Crippen LogP contribution in [0.4, 0.5) is 0 Å². The number of benzene rings is 1. The Bertz CT molecular complexity index is 674. The summed E-state index contributed by atoms with van der Waals surface area (Å²) in [4.78, 5) is 23.2. The second-order valence-corrected chi connectivity index (χ2v) is 4.78. The highest BCUT2D eigenvalue weighted by atomic mass is 16.2. The molecule has 5 nitrogen and oxygen atoms in total. The highest BCUT2D eigenvalue weighted by molar-refractivity contribution is 5.94. The molecule has 0 spiro atoms. The van der Waals surface area contributed by atoms with Crippen molar-refractivity contribution < 1.29 is 9.59 Å². The van der Waals surface area contributed by atoms with Gasteiger partial charge in [-0.25, -0.2) is 0 Å². The van der Waals surface area contributed by atoms with Gasteiger partial charge in [-0.2, -0.15) is 0 Å². The van der Waals surface area contributed by atoms with E-state index in [-0.39, 0.29) is 11.8 Å². The summed E-state index contributed by atoms with van der Waals surface area (Å²) < 4.78 is 1.85. The Kier molecular flexibility index (Phi) is 5.14. The Morgan fingerprint density at radius 1 is 1.09 bits per heavy atom. The van der Waals surface area contributed by atoms with Crippen molar-refractivity contribution in [1.29, 1.82) is 0 Å². The third kappa shape index (κ3) is 3.63. The predicted molar refractivity (Wildman–Crippen MR) is 86.4 cm³/mol. The van der Waals surface area contributed by atoms with Crippen molar-refractivity contribution in [2.75, 3.05) is 13.1 Å². The highest BCUT2D eigenvalue weighted by Crippen LogP contribution is 2.21. The number of rotatable bonds is 6. The van der Waals surface area contributed by atoms with Crippen LogP contribution in [-0.4, -0.2) is 29.5 Å². The van der Waals surface area contributed by atoms with Crippen LogP contribution in [0.1, 0.15) is 10.5 Å². The van der Waals surface area contributed by atoms with Gasteiger partial charge in [-0.05, 0) is 23.8 Å². The van der Waals surface area contributed by atoms with Crippen LogP contribution in [0, 0.1) is 0 Å². The van der Waals surface area contributed by atoms with E-state index in [2.05, 4.69) is 17.2 Å². The molecule has 1 aromatic carbocycles. The molecule has 2 amide bonds. The number of hydrogen-bond donors (Lipinski definition) is 2. The highest BCUT2D eigenvalue weighted by Gasteiger charge is 2.12. The number of hydrogen-bond acceptors (Lipinski definition) is 2. The van der Waals surface area contributed by atoms with Gasteiger partial charge in [0.2, 0.25) is 5.91 Å². The molecule has 0 saturated heterocycles. The Morgan fingerprint density at radius 3 is 2.45 bits per heavy atom. The maximum Gasteiger partial charge on any atom is 0.267 e. The lowest BCUT2D eigenvalue weighted by molar-refractivity contribution is -0.116. The number of amides is 2. The van der Waals surface area contributed by atoms with Crippen LogP contribution in [0.3, 0.4) is 0 Å². The van der Waals surface area contributed by atoms with E-state index in [9.17, 15) is 9.59 Å². The zero-order valence-electron chi connectivity index (χ0n) is 12.5. The summed E-state index contributed by atoms with van der Waals surface area (Å²) >= 11 is 0. The number of aromatic nitrogens is 1. The third-order valence-corrected chi connectivity index (χ3v) is 3.32. The Hall–Kier alpha value is -2.82. The van der Waals surface area contributed by atoms with Crippen molar-refractivity contribution >= 4 is 11.8 Å². The Balaban J connectivity index is 1.98. The Morgan fingerprint density at radius 2 is 1.77 bits per heavy atom. The van der Waals surface area contributed by atoms with Crippen LogP contribution in [0.25, 0.3) is 11.3 Å². The van der Waals surface area contributed by atoms with Crippen LogP contribution in [0.15, 0.2) is 55.1 Å². The SMILES string of the molecule is C=CC(=O)NCCNC(=O)c1ccc(-c2ccccc2)n1C. The monoisotopic (exact) mass is 297 g/mol. The maximum atomic E-state index is 12.2. The Labute approximate surface area is 129 Å². The molecule has 0 aliphatic heterocycles. The van der Waals surface area contributed by atoms with E-state index in [0.717, 1.165) is 11.3 Å². The predicted octanol–water partition coefficient (Wildman–Crippen LogP) is 1.72. The van der Waals surface area contributed by atoms with Gasteiger partial charge in [-0.1, -0.05) is 36.9 Å². The van der Waals surface area contributed by atoms with E-state index in [1.807, 2.05) is 48.0 Å². The molecular weight excluding hydrogens is 278 g/mol. The lowest BCUT2D eigenvalue weighted by Gasteiger charge is -2.09. The van der Waals surface area contributed by atoms with E-state index in [0.29, 0.717) is 18.8 Å². The molecule has 2 N–H and O–H groups in total. The van der Waals surface area contributed by atoms with Crippen LogP contribution in [-0.2, 0) is 11.8 Å². The van der Waals surface area contributed by atoms with Gasteiger partial charge in [-0.15, -0.1) is 0 Å². The largest absolute Gasteiger partial charge is 0.351 e. The minimum Gasteiger partial charge on any atom is -0.351 e. The molecule has 0 aliphatic rings. The van der Waals surface area contributed by atoms with Gasteiger partial charge in [-0.3, -0.25) is 9.59 Å². The smallest absolute Gasteiger partial charge is 0.267 e. The molecule has 22 heavy (non-hydrogen) atoms. The molecule has 2 aromatic rings. The summed E-state index contributed by atoms with van der Waals surface area (Å²) in [5, 5.41) is 5.38. The topological polar surface area (TPSA) is 63.1 Å². The molecule has 0 saturated carbocycles. The fourth-order valence-corrected chi connectivity index (χ4v) is 2.16. The van der Waals surface area contributed by atoms with Gasteiger partial charge in [0.05, 0.1) is 0 Å². The molecule has 5 heteroatoms. The molecule has 0 fully saturated rings. The van der Waals surface area contributed by atoms with Gasteiger partial charge in [0.25, 0.3) is 5.91 Å². The minimum absolute atomic E-state index is 0.169. The van der Waals surface area contributed by atoms with Crippen molar-refractivity contribution in [2.45, 2.75) is 0 Å². The van der Waals surface area contributed by atoms with Crippen molar-refractivity contribution in [2.24, 2.45) is 7.05 Å². The van der Waals surface area contributed by atoms with Gasteiger partial charge in [0, 0.05) is 25.8 Å². The fourth-order valence-electron chi connectivity index (χ4n) is 2.16. The third-order valence-electron chi connectivity index (χ3n) is 3.32. The van der Waals surface area contributed by atoms with Crippen molar-refractivity contribution in [3.63, 3.8) is 0 Å². The van der Waals surface area contributed by atoms with Crippen LogP contribution >= 0.6 is 0 Å². The molecule has 0 bridgehead atoms. The summed E-state index contributed by atoms with van der Waals surface area (Å²) in [6, 6.07) is 13.6. The van der Waals surface area contributed by atoms with E-state index < -0.39 is 0 Å². The molecule has 114 valence electrons. The normalized spacial score (nSPS) is 10.0. The van der Waals surface area contributed by atoms with Gasteiger partial charge in [0.1, 0.15) is 5.69 Å².